The summed E-state index contributed by atoms with van der Waals surface area (Å²) in [5.41, 5.74) is 0. The topological polar surface area (TPSA) is 42.9 Å². The summed E-state index contributed by atoms with van der Waals surface area (Å²) in [4.78, 5) is 12.6. The molecular formula is C19H35N5S. The minimum absolute atomic E-state index is 0.379. The molecule has 0 aromatic carbocycles. The van der Waals surface area contributed by atoms with Gasteiger partial charge in [0.15, 0.2) is 5.96 Å². The summed E-state index contributed by atoms with van der Waals surface area (Å²) in [7, 11) is 0. The second-order valence-electron chi connectivity index (χ2n) is 6.80. The van der Waals surface area contributed by atoms with Gasteiger partial charge in [0.2, 0.25) is 0 Å². The molecule has 0 spiro atoms. The molecule has 1 saturated heterocycles. The lowest BCUT2D eigenvalue weighted by molar-refractivity contribution is 0.140. The molecule has 1 aromatic rings. The third-order valence-corrected chi connectivity index (χ3v) is 5.65. The Morgan fingerprint density at radius 1 is 1.20 bits per heavy atom. The van der Waals surface area contributed by atoms with Crippen LogP contribution in [-0.4, -0.2) is 74.2 Å². The van der Waals surface area contributed by atoms with Gasteiger partial charge in [-0.3, -0.25) is 9.89 Å². The van der Waals surface area contributed by atoms with Gasteiger partial charge in [-0.2, -0.15) is 0 Å². The molecule has 1 aromatic heterocycles. The molecule has 2 heterocycles. The number of likely N-dealkylation sites (N-methyl/N-ethyl adjacent to an activating group) is 1. The van der Waals surface area contributed by atoms with Crippen molar-refractivity contribution in [1.29, 1.82) is 0 Å². The number of hydrogen-bond acceptors (Lipinski definition) is 4. The van der Waals surface area contributed by atoms with Crippen molar-refractivity contribution in [1.82, 2.24) is 20.4 Å². The fraction of sp³-hybridized carbons (Fsp3) is 0.737. The molecule has 1 aliphatic heterocycles. The van der Waals surface area contributed by atoms with Crippen LogP contribution in [-0.2, 0) is 6.42 Å². The van der Waals surface area contributed by atoms with E-state index in [1.54, 1.807) is 0 Å². The Labute approximate surface area is 157 Å². The Morgan fingerprint density at radius 2 is 1.92 bits per heavy atom. The number of nitrogens with zero attached hydrogens (tertiary/aromatic N) is 3. The van der Waals surface area contributed by atoms with E-state index in [-0.39, 0.29) is 0 Å². The molecule has 1 unspecified atom stereocenters. The number of rotatable bonds is 8. The van der Waals surface area contributed by atoms with Crippen molar-refractivity contribution < 1.29 is 0 Å². The molecule has 0 saturated carbocycles. The molecule has 1 aliphatic rings. The van der Waals surface area contributed by atoms with Crippen molar-refractivity contribution in [2.24, 2.45) is 4.99 Å². The van der Waals surface area contributed by atoms with Crippen molar-refractivity contribution in [3.63, 3.8) is 0 Å². The molecule has 25 heavy (non-hydrogen) atoms. The SMILES string of the molecule is CCNC(=NCCN1CCN(CC)CC1)NC(C)Cc1ccc(C)s1. The minimum Gasteiger partial charge on any atom is -0.357 e. The molecule has 0 aliphatic carbocycles. The fourth-order valence-electron chi connectivity index (χ4n) is 3.13. The first kappa shape index (κ1) is 20.2. The Morgan fingerprint density at radius 3 is 2.52 bits per heavy atom. The van der Waals surface area contributed by atoms with E-state index in [2.05, 4.69) is 60.3 Å². The zero-order chi connectivity index (χ0) is 18.1. The van der Waals surface area contributed by atoms with Gasteiger partial charge in [-0.1, -0.05) is 6.92 Å². The first-order chi connectivity index (χ1) is 12.1. The Balaban J connectivity index is 1.75. The van der Waals surface area contributed by atoms with Gasteiger partial charge < -0.3 is 15.5 Å². The van der Waals surface area contributed by atoms with Crippen LogP contribution in [0.25, 0.3) is 0 Å². The molecule has 5 nitrogen and oxygen atoms in total. The summed E-state index contributed by atoms with van der Waals surface area (Å²) in [6.07, 6.45) is 1.04. The highest BCUT2D eigenvalue weighted by Crippen LogP contribution is 2.16. The maximum Gasteiger partial charge on any atom is 0.191 e. The van der Waals surface area contributed by atoms with E-state index in [1.165, 1.54) is 42.5 Å². The van der Waals surface area contributed by atoms with Crippen LogP contribution >= 0.6 is 11.3 Å². The lowest BCUT2D eigenvalue weighted by Gasteiger charge is -2.33. The number of aryl methyl sites for hydroxylation is 1. The van der Waals surface area contributed by atoms with E-state index in [1.807, 2.05) is 11.3 Å². The van der Waals surface area contributed by atoms with E-state index >= 15 is 0 Å². The summed E-state index contributed by atoms with van der Waals surface area (Å²) in [6, 6.07) is 4.81. The first-order valence-electron chi connectivity index (χ1n) is 9.65. The summed E-state index contributed by atoms with van der Waals surface area (Å²) < 4.78 is 0. The standard InChI is InChI=1S/C19H35N5S/c1-5-20-19(22-16(3)15-18-8-7-17(4)25-18)21-9-10-24-13-11-23(6-2)12-14-24/h7-8,16H,5-6,9-15H2,1-4H3,(H2,20,21,22). The smallest absolute Gasteiger partial charge is 0.191 e. The van der Waals surface area contributed by atoms with Gasteiger partial charge in [-0.05, 0) is 39.4 Å². The van der Waals surface area contributed by atoms with Gasteiger partial charge >= 0.3 is 0 Å². The average molecular weight is 366 g/mol. The van der Waals surface area contributed by atoms with Gasteiger partial charge in [0.1, 0.15) is 0 Å². The van der Waals surface area contributed by atoms with Crippen molar-refractivity contribution >= 4 is 17.3 Å². The average Bonchev–Trinajstić information content (AvgIpc) is 3.00. The highest BCUT2D eigenvalue weighted by molar-refractivity contribution is 7.11. The number of hydrogen-bond donors (Lipinski definition) is 2. The van der Waals surface area contributed by atoms with E-state index in [9.17, 15) is 0 Å². The van der Waals surface area contributed by atoms with E-state index < -0.39 is 0 Å². The molecule has 0 amide bonds. The number of thiophene rings is 1. The molecular weight excluding hydrogens is 330 g/mol. The number of nitrogens with one attached hydrogen (secondary N) is 2. The summed E-state index contributed by atoms with van der Waals surface area (Å²) in [6.45, 7) is 17.4. The fourth-order valence-corrected chi connectivity index (χ4v) is 4.15. The Kier molecular flexibility index (Phi) is 8.72. The monoisotopic (exact) mass is 365 g/mol. The van der Waals surface area contributed by atoms with Crippen LogP contribution < -0.4 is 10.6 Å². The lowest BCUT2D eigenvalue weighted by atomic mass is 10.2. The number of aliphatic imine (C=N–C) groups is 1. The van der Waals surface area contributed by atoms with Gasteiger partial charge in [-0.15, -0.1) is 11.3 Å². The van der Waals surface area contributed by atoms with Crippen LogP contribution in [0.15, 0.2) is 17.1 Å². The highest BCUT2D eigenvalue weighted by atomic mass is 32.1. The van der Waals surface area contributed by atoms with Crippen molar-refractivity contribution in [2.45, 2.75) is 40.2 Å². The second-order valence-corrected chi connectivity index (χ2v) is 8.17. The zero-order valence-electron chi connectivity index (χ0n) is 16.3. The molecule has 0 bridgehead atoms. The van der Waals surface area contributed by atoms with Crippen molar-refractivity contribution in [3.05, 3.63) is 21.9 Å². The maximum absolute atomic E-state index is 4.78. The van der Waals surface area contributed by atoms with Crippen LogP contribution in [0.1, 0.15) is 30.5 Å². The van der Waals surface area contributed by atoms with E-state index in [4.69, 9.17) is 4.99 Å². The molecule has 1 atom stereocenters. The predicted octanol–water partition coefficient (Wildman–Crippen LogP) is 2.18. The summed E-state index contributed by atoms with van der Waals surface area (Å²) >= 11 is 1.88. The first-order valence-corrected chi connectivity index (χ1v) is 10.5. The predicted molar refractivity (Wildman–Crippen MR) is 110 cm³/mol. The third kappa shape index (κ3) is 7.34. The van der Waals surface area contributed by atoms with Crippen LogP contribution in [0.2, 0.25) is 0 Å². The van der Waals surface area contributed by atoms with E-state index in [0.717, 1.165) is 32.0 Å². The summed E-state index contributed by atoms with van der Waals surface area (Å²) in [5, 5.41) is 6.92. The second kappa shape index (κ2) is 10.8. The molecule has 142 valence electrons. The minimum atomic E-state index is 0.379. The molecule has 0 radical (unpaired) electrons. The molecule has 6 heteroatoms. The Bertz CT molecular complexity index is 520. The van der Waals surface area contributed by atoms with E-state index in [0.29, 0.717) is 6.04 Å². The molecule has 2 rings (SSSR count). The molecule has 1 fully saturated rings. The van der Waals surface area contributed by atoms with Crippen molar-refractivity contribution in [2.75, 3.05) is 52.4 Å². The highest BCUT2D eigenvalue weighted by Gasteiger charge is 2.14. The Hall–Kier alpha value is -1.11. The third-order valence-electron chi connectivity index (χ3n) is 4.63. The largest absolute Gasteiger partial charge is 0.357 e. The maximum atomic E-state index is 4.78. The quantitative estimate of drug-likeness (QED) is 0.547. The van der Waals surface area contributed by atoms with Gasteiger partial charge in [0.25, 0.3) is 0 Å². The number of piperazine rings is 1. The lowest BCUT2D eigenvalue weighted by Crippen LogP contribution is -2.47. The normalized spacial score (nSPS) is 18.3. The van der Waals surface area contributed by atoms with Gasteiger partial charge in [0, 0.05) is 61.5 Å². The van der Waals surface area contributed by atoms with Gasteiger partial charge in [0.05, 0.1) is 6.54 Å². The van der Waals surface area contributed by atoms with Crippen LogP contribution in [0, 0.1) is 6.92 Å². The zero-order valence-corrected chi connectivity index (χ0v) is 17.2. The van der Waals surface area contributed by atoms with Gasteiger partial charge in [-0.25, -0.2) is 0 Å². The van der Waals surface area contributed by atoms with Crippen molar-refractivity contribution in [3.8, 4) is 0 Å². The van der Waals surface area contributed by atoms with Crippen LogP contribution in [0.3, 0.4) is 0 Å². The summed E-state index contributed by atoms with van der Waals surface area (Å²) in [5.74, 6) is 0.940. The molecule has 2 N–H and O–H groups in total. The number of guanidine groups is 1. The van der Waals surface area contributed by atoms with Crippen LogP contribution in [0.4, 0.5) is 0 Å². The van der Waals surface area contributed by atoms with Crippen LogP contribution in [0.5, 0.6) is 0 Å².